The average molecular weight is 238 g/mol. The van der Waals surface area contributed by atoms with E-state index in [4.69, 9.17) is 0 Å². The summed E-state index contributed by atoms with van der Waals surface area (Å²) in [5.41, 5.74) is 0. The highest BCUT2D eigenvalue weighted by Crippen LogP contribution is 2.24. The lowest BCUT2D eigenvalue weighted by molar-refractivity contribution is -0.125. The second kappa shape index (κ2) is 6.15. The molecular weight excluding hydrogens is 216 g/mol. The van der Waals surface area contributed by atoms with Gasteiger partial charge in [0.15, 0.2) is 0 Å². The van der Waals surface area contributed by atoms with Crippen molar-refractivity contribution in [3.8, 4) is 0 Å². The summed E-state index contributed by atoms with van der Waals surface area (Å²) in [5, 5.41) is 2.84. The first-order valence-electron chi connectivity index (χ1n) is 6.77. The van der Waals surface area contributed by atoms with Crippen LogP contribution >= 0.6 is 0 Å². The Morgan fingerprint density at radius 2 is 2.00 bits per heavy atom. The van der Waals surface area contributed by atoms with Crippen molar-refractivity contribution in [1.82, 2.24) is 10.2 Å². The summed E-state index contributed by atoms with van der Waals surface area (Å²) in [6, 6.07) is 0. The number of hydrogen-bond donors (Lipinski definition) is 1. The molecule has 17 heavy (non-hydrogen) atoms. The van der Waals surface area contributed by atoms with Crippen LogP contribution in [-0.2, 0) is 9.59 Å². The van der Waals surface area contributed by atoms with Gasteiger partial charge in [-0.3, -0.25) is 14.5 Å². The topological polar surface area (TPSA) is 49.4 Å². The molecule has 1 aliphatic carbocycles. The third-order valence-corrected chi connectivity index (χ3v) is 3.85. The SMILES string of the molecule is O=C1CCN(CC(=O)C2CCCCC2)CCN1. The third kappa shape index (κ3) is 3.80. The van der Waals surface area contributed by atoms with Crippen molar-refractivity contribution in [2.24, 2.45) is 5.92 Å². The molecule has 1 aliphatic heterocycles. The Kier molecular flexibility index (Phi) is 4.54. The van der Waals surface area contributed by atoms with Crippen LogP contribution in [0.2, 0.25) is 0 Å². The number of carbonyl (C=O) groups is 2. The van der Waals surface area contributed by atoms with E-state index in [1.165, 1.54) is 19.3 Å². The van der Waals surface area contributed by atoms with E-state index in [0.717, 1.165) is 25.9 Å². The van der Waals surface area contributed by atoms with E-state index >= 15 is 0 Å². The molecule has 1 amide bonds. The van der Waals surface area contributed by atoms with Crippen LogP contribution in [0, 0.1) is 5.92 Å². The Morgan fingerprint density at radius 3 is 2.76 bits per heavy atom. The molecule has 4 heteroatoms. The summed E-state index contributed by atoms with van der Waals surface area (Å²) < 4.78 is 0. The van der Waals surface area contributed by atoms with Crippen LogP contribution in [0.5, 0.6) is 0 Å². The van der Waals surface area contributed by atoms with Crippen LogP contribution < -0.4 is 5.32 Å². The highest BCUT2D eigenvalue weighted by atomic mass is 16.1. The normalized spacial score (nSPS) is 24.1. The molecule has 0 radical (unpaired) electrons. The minimum atomic E-state index is 0.109. The predicted molar refractivity (Wildman–Crippen MR) is 65.6 cm³/mol. The molecule has 1 saturated carbocycles. The maximum atomic E-state index is 12.1. The maximum Gasteiger partial charge on any atom is 0.221 e. The molecule has 2 fully saturated rings. The molecule has 1 N–H and O–H groups in total. The third-order valence-electron chi connectivity index (χ3n) is 3.85. The standard InChI is InChI=1S/C13H22N2O2/c16-12(11-4-2-1-3-5-11)10-15-8-6-13(17)14-7-9-15/h11H,1-10H2,(H,14,17). The number of Topliss-reactive ketones (excluding diaryl/α,β-unsaturated/α-hetero) is 1. The fraction of sp³-hybridized carbons (Fsp3) is 0.846. The van der Waals surface area contributed by atoms with E-state index in [1.54, 1.807) is 0 Å². The average Bonchev–Trinajstić information content (AvgIpc) is 2.56. The van der Waals surface area contributed by atoms with Crippen LogP contribution in [0.4, 0.5) is 0 Å². The van der Waals surface area contributed by atoms with Crippen LogP contribution in [0.25, 0.3) is 0 Å². The number of hydrogen-bond acceptors (Lipinski definition) is 3. The lowest BCUT2D eigenvalue weighted by atomic mass is 9.86. The van der Waals surface area contributed by atoms with Crippen LogP contribution in [0.15, 0.2) is 0 Å². The summed E-state index contributed by atoms with van der Waals surface area (Å²) in [6.07, 6.45) is 6.37. The summed E-state index contributed by atoms with van der Waals surface area (Å²) in [4.78, 5) is 25.4. The molecule has 4 nitrogen and oxygen atoms in total. The molecule has 0 bridgehead atoms. The number of carbonyl (C=O) groups excluding carboxylic acids is 2. The highest BCUT2D eigenvalue weighted by molar-refractivity contribution is 5.83. The Morgan fingerprint density at radius 1 is 1.24 bits per heavy atom. The Hall–Kier alpha value is -0.900. The highest BCUT2D eigenvalue weighted by Gasteiger charge is 2.23. The largest absolute Gasteiger partial charge is 0.355 e. The molecule has 0 aromatic rings. The van der Waals surface area contributed by atoms with Crippen molar-refractivity contribution < 1.29 is 9.59 Å². The van der Waals surface area contributed by atoms with Crippen LogP contribution in [0.3, 0.4) is 0 Å². The van der Waals surface area contributed by atoms with E-state index < -0.39 is 0 Å². The number of nitrogens with one attached hydrogen (secondary N) is 1. The van der Waals surface area contributed by atoms with Crippen molar-refractivity contribution in [2.45, 2.75) is 38.5 Å². The van der Waals surface area contributed by atoms with Crippen LogP contribution in [-0.4, -0.2) is 42.8 Å². The Balaban J connectivity index is 1.78. The van der Waals surface area contributed by atoms with Gasteiger partial charge >= 0.3 is 0 Å². The molecule has 96 valence electrons. The Bertz CT molecular complexity index is 285. The van der Waals surface area contributed by atoms with E-state index in [0.29, 0.717) is 25.3 Å². The van der Waals surface area contributed by atoms with Gasteiger partial charge in [0.25, 0.3) is 0 Å². The smallest absolute Gasteiger partial charge is 0.221 e. The van der Waals surface area contributed by atoms with E-state index in [-0.39, 0.29) is 11.8 Å². The minimum Gasteiger partial charge on any atom is -0.355 e. The fourth-order valence-electron chi connectivity index (χ4n) is 2.75. The molecule has 0 aromatic carbocycles. The van der Waals surface area contributed by atoms with Gasteiger partial charge < -0.3 is 5.32 Å². The predicted octanol–water partition coefficient (Wildman–Crippen LogP) is 0.958. The molecule has 2 rings (SSSR count). The summed E-state index contributed by atoms with van der Waals surface area (Å²) in [7, 11) is 0. The van der Waals surface area contributed by atoms with Gasteiger partial charge in [0, 0.05) is 32.0 Å². The summed E-state index contributed by atoms with van der Waals surface area (Å²) >= 11 is 0. The zero-order chi connectivity index (χ0) is 12.1. The van der Waals surface area contributed by atoms with Crippen molar-refractivity contribution >= 4 is 11.7 Å². The van der Waals surface area contributed by atoms with Gasteiger partial charge in [-0.1, -0.05) is 19.3 Å². The second-order valence-electron chi connectivity index (χ2n) is 5.18. The van der Waals surface area contributed by atoms with Crippen molar-refractivity contribution in [3.05, 3.63) is 0 Å². The number of rotatable bonds is 3. The number of amides is 1. The lowest BCUT2D eigenvalue weighted by Crippen LogP contribution is -2.36. The minimum absolute atomic E-state index is 0.109. The van der Waals surface area contributed by atoms with Gasteiger partial charge in [-0.2, -0.15) is 0 Å². The van der Waals surface area contributed by atoms with E-state index in [2.05, 4.69) is 10.2 Å². The quantitative estimate of drug-likeness (QED) is 0.796. The van der Waals surface area contributed by atoms with Gasteiger partial charge in [0.1, 0.15) is 5.78 Å². The summed E-state index contributed by atoms with van der Waals surface area (Å²) in [6.45, 7) is 2.75. The maximum absolute atomic E-state index is 12.1. The van der Waals surface area contributed by atoms with Crippen molar-refractivity contribution in [3.63, 3.8) is 0 Å². The zero-order valence-electron chi connectivity index (χ0n) is 10.4. The second-order valence-corrected chi connectivity index (χ2v) is 5.18. The van der Waals surface area contributed by atoms with Crippen molar-refractivity contribution in [1.29, 1.82) is 0 Å². The first-order valence-corrected chi connectivity index (χ1v) is 6.77. The molecule has 2 aliphatic rings. The molecule has 0 aromatic heterocycles. The number of ketones is 1. The van der Waals surface area contributed by atoms with Gasteiger partial charge in [0.05, 0.1) is 6.54 Å². The monoisotopic (exact) mass is 238 g/mol. The molecule has 0 atom stereocenters. The Labute approximate surface area is 103 Å². The molecule has 1 heterocycles. The summed E-state index contributed by atoms with van der Waals surface area (Å²) in [5.74, 6) is 0.785. The first kappa shape index (κ1) is 12.6. The fourth-order valence-corrected chi connectivity index (χ4v) is 2.75. The molecule has 0 spiro atoms. The molecular formula is C13H22N2O2. The lowest BCUT2D eigenvalue weighted by Gasteiger charge is -2.24. The van der Waals surface area contributed by atoms with E-state index in [9.17, 15) is 9.59 Å². The van der Waals surface area contributed by atoms with Gasteiger partial charge in [-0.15, -0.1) is 0 Å². The van der Waals surface area contributed by atoms with E-state index in [1.807, 2.05) is 0 Å². The molecule has 0 unspecified atom stereocenters. The molecule has 1 saturated heterocycles. The first-order chi connectivity index (χ1) is 8.25. The number of nitrogens with zero attached hydrogens (tertiary/aromatic N) is 1. The zero-order valence-corrected chi connectivity index (χ0v) is 10.4. The van der Waals surface area contributed by atoms with Crippen LogP contribution in [0.1, 0.15) is 38.5 Å². The van der Waals surface area contributed by atoms with Gasteiger partial charge in [-0.05, 0) is 12.8 Å². The van der Waals surface area contributed by atoms with Crippen molar-refractivity contribution in [2.75, 3.05) is 26.2 Å². The van der Waals surface area contributed by atoms with Gasteiger partial charge in [0.2, 0.25) is 5.91 Å². The van der Waals surface area contributed by atoms with Gasteiger partial charge in [-0.25, -0.2) is 0 Å².